The summed E-state index contributed by atoms with van der Waals surface area (Å²) in [5.74, 6) is 1.31. The molecule has 0 fully saturated rings. The van der Waals surface area contributed by atoms with Crippen molar-refractivity contribution in [1.82, 2.24) is 0 Å². The first-order chi connectivity index (χ1) is 8.45. The number of aliphatic hydroxyl groups is 1. The molecule has 0 spiro atoms. The predicted octanol–water partition coefficient (Wildman–Crippen LogP) is 3.58. The Morgan fingerprint density at radius 1 is 1.28 bits per heavy atom. The van der Waals surface area contributed by atoms with Gasteiger partial charge in [0.1, 0.15) is 13.2 Å². The Bertz CT molecular complexity index is 443. The van der Waals surface area contributed by atoms with E-state index in [1.807, 2.05) is 13.8 Å². The van der Waals surface area contributed by atoms with Gasteiger partial charge in [0.25, 0.3) is 0 Å². The SMILES string of the molecule is CCC(C)(C)C(O)c1cc2c(cc1Cl)OCCO2. The fraction of sp³-hybridized carbons (Fsp3) is 0.571. The van der Waals surface area contributed by atoms with Gasteiger partial charge in [0, 0.05) is 11.6 Å². The van der Waals surface area contributed by atoms with Gasteiger partial charge < -0.3 is 14.6 Å². The lowest BCUT2D eigenvalue weighted by Gasteiger charge is -2.31. The predicted molar refractivity (Wildman–Crippen MR) is 71.5 cm³/mol. The number of hydrogen-bond donors (Lipinski definition) is 1. The fourth-order valence-electron chi connectivity index (χ4n) is 1.90. The molecular formula is C14H19ClO3. The molecule has 2 rings (SSSR count). The molecule has 1 aliphatic heterocycles. The minimum absolute atomic E-state index is 0.229. The molecule has 1 heterocycles. The van der Waals surface area contributed by atoms with Crippen molar-refractivity contribution < 1.29 is 14.6 Å². The minimum atomic E-state index is -0.620. The summed E-state index contributed by atoms with van der Waals surface area (Å²) in [6.07, 6.45) is 0.240. The van der Waals surface area contributed by atoms with Crippen molar-refractivity contribution in [2.24, 2.45) is 5.41 Å². The Labute approximate surface area is 113 Å². The Morgan fingerprint density at radius 3 is 2.39 bits per heavy atom. The second-order valence-corrected chi connectivity index (χ2v) is 5.67. The molecule has 1 unspecified atom stereocenters. The van der Waals surface area contributed by atoms with Crippen LogP contribution in [0.4, 0.5) is 0 Å². The molecule has 0 saturated carbocycles. The zero-order valence-corrected chi connectivity index (χ0v) is 11.8. The van der Waals surface area contributed by atoms with Crippen molar-refractivity contribution in [2.75, 3.05) is 13.2 Å². The summed E-state index contributed by atoms with van der Waals surface area (Å²) < 4.78 is 11.0. The van der Waals surface area contributed by atoms with Crippen LogP contribution >= 0.6 is 11.6 Å². The van der Waals surface area contributed by atoms with Gasteiger partial charge >= 0.3 is 0 Å². The third-order valence-electron chi connectivity index (χ3n) is 3.61. The number of fused-ring (bicyclic) bond motifs is 1. The first kappa shape index (κ1) is 13.5. The number of ether oxygens (including phenoxy) is 2. The van der Waals surface area contributed by atoms with E-state index in [0.717, 1.165) is 6.42 Å². The topological polar surface area (TPSA) is 38.7 Å². The summed E-state index contributed by atoms with van der Waals surface area (Å²) in [7, 11) is 0. The van der Waals surface area contributed by atoms with E-state index in [4.69, 9.17) is 21.1 Å². The summed E-state index contributed by atoms with van der Waals surface area (Å²) in [6.45, 7) is 7.15. The van der Waals surface area contributed by atoms with Gasteiger partial charge in [-0.25, -0.2) is 0 Å². The molecule has 1 atom stereocenters. The maximum absolute atomic E-state index is 10.4. The summed E-state index contributed by atoms with van der Waals surface area (Å²) in [6, 6.07) is 3.51. The lowest BCUT2D eigenvalue weighted by atomic mass is 9.80. The van der Waals surface area contributed by atoms with Crippen molar-refractivity contribution in [2.45, 2.75) is 33.3 Å². The maximum Gasteiger partial charge on any atom is 0.162 e. The molecule has 100 valence electrons. The minimum Gasteiger partial charge on any atom is -0.486 e. The molecular weight excluding hydrogens is 252 g/mol. The Kier molecular flexibility index (Phi) is 3.74. The molecule has 1 aliphatic rings. The fourth-order valence-corrected chi connectivity index (χ4v) is 2.16. The number of rotatable bonds is 3. The van der Waals surface area contributed by atoms with Gasteiger partial charge in [-0.2, -0.15) is 0 Å². The van der Waals surface area contributed by atoms with Gasteiger partial charge in [-0.1, -0.05) is 32.4 Å². The van der Waals surface area contributed by atoms with Crippen LogP contribution in [0.5, 0.6) is 11.5 Å². The monoisotopic (exact) mass is 270 g/mol. The number of aliphatic hydroxyl groups excluding tert-OH is 1. The molecule has 0 saturated heterocycles. The summed E-state index contributed by atoms with van der Waals surface area (Å²) in [4.78, 5) is 0. The quantitative estimate of drug-likeness (QED) is 0.912. The van der Waals surface area contributed by atoms with Crippen molar-refractivity contribution in [1.29, 1.82) is 0 Å². The van der Waals surface area contributed by atoms with Crippen LogP contribution in [0.3, 0.4) is 0 Å². The van der Waals surface area contributed by atoms with E-state index in [0.29, 0.717) is 35.3 Å². The van der Waals surface area contributed by atoms with Crippen molar-refractivity contribution in [3.8, 4) is 11.5 Å². The maximum atomic E-state index is 10.4. The van der Waals surface area contributed by atoms with Crippen LogP contribution < -0.4 is 9.47 Å². The van der Waals surface area contributed by atoms with Crippen LogP contribution in [-0.2, 0) is 0 Å². The second-order valence-electron chi connectivity index (χ2n) is 5.26. The average molecular weight is 271 g/mol. The number of halogens is 1. The van der Waals surface area contributed by atoms with Gasteiger partial charge in [-0.15, -0.1) is 0 Å². The standard InChI is InChI=1S/C14H19ClO3/c1-4-14(2,3)13(16)9-7-11-12(8-10(9)15)18-6-5-17-11/h7-8,13,16H,4-6H2,1-3H3. The highest BCUT2D eigenvalue weighted by atomic mass is 35.5. The smallest absolute Gasteiger partial charge is 0.162 e. The highest BCUT2D eigenvalue weighted by Crippen LogP contribution is 2.43. The van der Waals surface area contributed by atoms with Crippen molar-refractivity contribution in [3.05, 3.63) is 22.7 Å². The van der Waals surface area contributed by atoms with E-state index >= 15 is 0 Å². The van der Waals surface area contributed by atoms with E-state index < -0.39 is 6.10 Å². The van der Waals surface area contributed by atoms with E-state index in [1.165, 1.54) is 0 Å². The summed E-state index contributed by atoms with van der Waals surface area (Å²) in [5.41, 5.74) is 0.473. The third-order valence-corrected chi connectivity index (χ3v) is 3.93. The normalized spacial score (nSPS) is 16.5. The summed E-state index contributed by atoms with van der Waals surface area (Å²) in [5, 5.41) is 11.0. The molecule has 0 aromatic heterocycles. The third kappa shape index (κ3) is 2.43. The number of hydrogen-bond acceptors (Lipinski definition) is 3. The van der Waals surface area contributed by atoms with E-state index in [-0.39, 0.29) is 5.41 Å². The van der Waals surface area contributed by atoms with E-state index in [1.54, 1.807) is 12.1 Å². The van der Waals surface area contributed by atoms with E-state index in [2.05, 4.69) is 6.92 Å². The van der Waals surface area contributed by atoms with Gasteiger partial charge in [0.2, 0.25) is 0 Å². The average Bonchev–Trinajstić information content (AvgIpc) is 2.37. The van der Waals surface area contributed by atoms with Crippen LogP contribution in [0, 0.1) is 5.41 Å². The zero-order valence-electron chi connectivity index (χ0n) is 11.0. The van der Waals surface area contributed by atoms with Crippen LogP contribution in [-0.4, -0.2) is 18.3 Å². The van der Waals surface area contributed by atoms with Gasteiger partial charge in [-0.3, -0.25) is 0 Å². The molecule has 0 amide bonds. The second kappa shape index (κ2) is 4.98. The molecule has 3 nitrogen and oxygen atoms in total. The highest BCUT2D eigenvalue weighted by molar-refractivity contribution is 6.31. The van der Waals surface area contributed by atoms with Crippen LogP contribution in [0.25, 0.3) is 0 Å². The Balaban J connectivity index is 2.39. The molecule has 1 aromatic rings. The van der Waals surface area contributed by atoms with Crippen LogP contribution in [0.15, 0.2) is 12.1 Å². The lowest BCUT2D eigenvalue weighted by molar-refractivity contribution is 0.0461. The lowest BCUT2D eigenvalue weighted by Crippen LogP contribution is -2.22. The Morgan fingerprint density at radius 2 is 1.83 bits per heavy atom. The van der Waals surface area contributed by atoms with Crippen molar-refractivity contribution >= 4 is 11.6 Å². The highest BCUT2D eigenvalue weighted by Gasteiger charge is 2.30. The summed E-state index contributed by atoms with van der Waals surface area (Å²) >= 11 is 6.22. The van der Waals surface area contributed by atoms with Crippen LogP contribution in [0.1, 0.15) is 38.9 Å². The van der Waals surface area contributed by atoms with Gasteiger partial charge in [0.05, 0.1) is 11.1 Å². The van der Waals surface area contributed by atoms with Gasteiger partial charge in [-0.05, 0) is 17.9 Å². The molecule has 1 aromatic carbocycles. The molecule has 0 aliphatic carbocycles. The van der Waals surface area contributed by atoms with E-state index in [9.17, 15) is 5.11 Å². The zero-order chi connectivity index (χ0) is 13.3. The molecule has 4 heteroatoms. The largest absolute Gasteiger partial charge is 0.486 e. The van der Waals surface area contributed by atoms with Gasteiger partial charge in [0.15, 0.2) is 11.5 Å². The number of benzene rings is 1. The molecule has 0 bridgehead atoms. The molecule has 1 N–H and O–H groups in total. The molecule has 0 radical (unpaired) electrons. The van der Waals surface area contributed by atoms with Crippen molar-refractivity contribution in [3.63, 3.8) is 0 Å². The first-order valence-corrected chi connectivity index (χ1v) is 6.60. The Hall–Kier alpha value is -0.930. The van der Waals surface area contributed by atoms with Crippen LogP contribution in [0.2, 0.25) is 5.02 Å². The first-order valence-electron chi connectivity index (χ1n) is 6.23. The molecule has 18 heavy (non-hydrogen) atoms.